The number of nitrogens with zero attached hydrogens (tertiary/aromatic N) is 1. The molecule has 19 heavy (non-hydrogen) atoms. The van der Waals surface area contributed by atoms with Gasteiger partial charge >= 0.3 is 0 Å². The SMILES string of the molecule is O=C(NC1CC2CCC(C1)N2)c1cc(C2CC2)[nH]n1. The van der Waals surface area contributed by atoms with Crippen LogP contribution in [0.25, 0.3) is 0 Å². The van der Waals surface area contributed by atoms with Crippen molar-refractivity contribution < 1.29 is 4.79 Å². The number of carbonyl (C=O) groups is 1. The van der Waals surface area contributed by atoms with Gasteiger partial charge in [-0.1, -0.05) is 0 Å². The van der Waals surface area contributed by atoms with E-state index in [0.29, 0.717) is 29.7 Å². The van der Waals surface area contributed by atoms with Crippen molar-refractivity contribution in [3.05, 3.63) is 17.5 Å². The Morgan fingerprint density at radius 1 is 1.21 bits per heavy atom. The first-order chi connectivity index (χ1) is 9.28. The van der Waals surface area contributed by atoms with Crippen LogP contribution in [0.3, 0.4) is 0 Å². The summed E-state index contributed by atoms with van der Waals surface area (Å²) in [7, 11) is 0. The minimum absolute atomic E-state index is 0.0190. The summed E-state index contributed by atoms with van der Waals surface area (Å²) in [4.78, 5) is 12.2. The van der Waals surface area contributed by atoms with E-state index >= 15 is 0 Å². The second-order valence-electron chi connectivity index (χ2n) is 6.26. The van der Waals surface area contributed by atoms with E-state index in [-0.39, 0.29) is 5.91 Å². The van der Waals surface area contributed by atoms with Crippen LogP contribution in [0.15, 0.2) is 6.07 Å². The third-order valence-corrected chi connectivity index (χ3v) is 4.66. The zero-order valence-electron chi connectivity index (χ0n) is 11.0. The minimum atomic E-state index is -0.0190. The molecule has 1 aromatic heterocycles. The second kappa shape index (κ2) is 4.34. The highest BCUT2D eigenvalue weighted by Gasteiger charge is 2.34. The third kappa shape index (κ3) is 2.27. The van der Waals surface area contributed by atoms with Crippen molar-refractivity contribution in [1.82, 2.24) is 20.8 Å². The fourth-order valence-electron chi connectivity index (χ4n) is 3.49. The molecule has 2 atom stereocenters. The molecule has 1 saturated carbocycles. The van der Waals surface area contributed by atoms with E-state index < -0.39 is 0 Å². The van der Waals surface area contributed by atoms with Crippen molar-refractivity contribution in [2.45, 2.75) is 62.6 Å². The van der Waals surface area contributed by atoms with E-state index in [4.69, 9.17) is 0 Å². The van der Waals surface area contributed by atoms with Crippen LogP contribution in [0.2, 0.25) is 0 Å². The first-order valence-corrected chi connectivity index (χ1v) is 7.40. The highest BCUT2D eigenvalue weighted by Crippen LogP contribution is 2.39. The molecule has 5 nitrogen and oxygen atoms in total. The normalized spacial score (nSPS) is 33.4. The topological polar surface area (TPSA) is 69.8 Å². The van der Waals surface area contributed by atoms with Crippen LogP contribution in [-0.2, 0) is 0 Å². The lowest BCUT2D eigenvalue weighted by molar-refractivity contribution is 0.0919. The summed E-state index contributed by atoms with van der Waals surface area (Å²) < 4.78 is 0. The van der Waals surface area contributed by atoms with Crippen molar-refractivity contribution in [3.63, 3.8) is 0 Å². The van der Waals surface area contributed by atoms with E-state index in [1.54, 1.807) is 0 Å². The lowest BCUT2D eigenvalue weighted by Gasteiger charge is -2.29. The van der Waals surface area contributed by atoms with Crippen LogP contribution in [0.5, 0.6) is 0 Å². The lowest BCUT2D eigenvalue weighted by atomic mass is 10.00. The van der Waals surface area contributed by atoms with Crippen molar-refractivity contribution in [2.24, 2.45) is 0 Å². The van der Waals surface area contributed by atoms with Gasteiger partial charge in [-0.05, 0) is 44.6 Å². The molecule has 1 aliphatic carbocycles. The summed E-state index contributed by atoms with van der Waals surface area (Å²) in [5.74, 6) is 0.596. The summed E-state index contributed by atoms with van der Waals surface area (Å²) in [6.45, 7) is 0. The maximum Gasteiger partial charge on any atom is 0.271 e. The number of nitrogens with one attached hydrogen (secondary N) is 3. The van der Waals surface area contributed by atoms with Crippen LogP contribution < -0.4 is 10.6 Å². The molecule has 0 aromatic carbocycles. The number of aromatic nitrogens is 2. The van der Waals surface area contributed by atoms with E-state index in [0.717, 1.165) is 18.5 Å². The van der Waals surface area contributed by atoms with E-state index in [1.165, 1.54) is 25.7 Å². The van der Waals surface area contributed by atoms with Gasteiger partial charge in [-0.3, -0.25) is 9.89 Å². The lowest BCUT2D eigenvalue weighted by Crippen LogP contribution is -2.48. The van der Waals surface area contributed by atoms with E-state index in [1.807, 2.05) is 6.07 Å². The van der Waals surface area contributed by atoms with Crippen LogP contribution in [-0.4, -0.2) is 34.2 Å². The van der Waals surface area contributed by atoms with Crippen LogP contribution in [0, 0.1) is 0 Å². The van der Waals surface area contributed by atoms with Gasteiger partial charge in [0.15, 0.2) is 0 Å². The number of aromatic amines is 1. The third-order valence-electron chi connectivity index (χ3n) is 4.66. The maximum absolute atomic E-state index is 12.2. The Morgan fingerprint density at radius 3 is 2.63 bits per heavy atom. The monoisotopic (exact) mass is 260 g/mol. The first kappa shape index (κ1) is 11.5. The van der Waals surface area contributed by atoms with Gasteiger partial charge in [0.25, 0.3) is 5.91 Å². The molecule has 1 amide bonds. The molecule has 3 N–H and O–H groups in total. The standard InChI is InChI=1S/C14H20N4O/c19-14(13-7-12(17-18-13)8-1-2-8)16-11-5-9-3-4-10(6-11)15-9/h7-11,15H,1-6H2,(H,16,19)(H,17,18). The minimum Gasteiger partial charge on any atom is -0.348 e. The second-order valence-corrected chi connectivity index (χ2v) is 6.26. The predicted molar refractivity (Wildman–Crippen MR) is 71.0 cm³/mol. The van der Waals surface area contributed by atoms with Crippen molar-refractivity contribution in [2.75, 3.05) is 0 Å². The molecule has 5 heteroatoms. The number of piperidine rings is 1. The summed E-state index contributed by atoms with van der Waals surface area (Å²) >= 11 is 0. The zero-order valence-corrected chi connectivity index (χ0v) is 11.0. The first-order valence-electron chi connectivity index (χ1n) is 7.40. The highest BCUT2D eigenvalue weighted by molar-refractivity contribution is 5.92. The van der Waals surface area contributed by atoms with Gasteiger partial charge in [-0.2, -0.15) is 5.10 Å². The summed E-state index contributed by atoms with van der Waals surface area (Å²) in [6, 6.07) is 3.44. The molecule has 4 rings (SSSR count). The van der Waals surface area contributed by atoms with Gasteiger partial charge in [0.2, 0.25) is 0 Å². The van der Waals surface area contributed by atoms with Crippen molar-refractivity contribution in [3.8, 4) is 0 Å². The summed E-state index contributed by atoms with van der Waals surface area (Å²) in [6.07, 6.45) is 7.07. The van der Waals surface area contributed by atoms with Gasteiger partial charge in [0, 0.05) is 29.7 Å². The average molecular weight is 260 g/mol. The Labute approximate surface area is 112 Å². The molecule has 0 radical (unpaired) electrons. The Morgan fingerprint density at radius 2 is 1.95 bits per heavy atom. The molecule has 2 unspecified atom stereocenters. The molecule has 1 aromatic rings. The van der Waals surface area contributed by atoms with Crippen molar-refractivity contribution >= 4 is 5.91 Å². The molecule has 3 heterocycles. The number of fused-ring (bicyclic) bond motifs is 2. The maximum atomic E-state index is 12.2. The van der Waals surface area contributed by atoms with Gasteiger partial charge < -0.3 is 10.6 Å². The quantitative estimate of drug-likeness (QED) is 0.767. The zero-order chi connectivity index (χ0) is 12.8. The molecule has 0 spiro atoms. The molecule has 2 saturated heterocycles. The Bertz CT molecular complexity index is 481. The number of carbonyl (C=O) groups excluding carboxylic acids is 1. The van der Waals surface area contributed by atoms with Crippen LogP contribution >= 0.6 is 0 Å². The molecular formula is C14H20N4O. The smallest absolute Gasteiger partial charge is 0.271 e. The average Bonchev–Trinajstić information content (AvgIpc) is 3.03. The van der Waals surface area contributed by atoms with Gasteiger partial charge in [-0.25, -0.2) is 0 Å². The highest BCUT2D eigenvalue weighted by atomic mass is 16.2. The number of rotatable bonds is 3. The fraction of sp³-hybridized carbons (Fsp3) is 0.714. The predicted octanol–water partition coefficient (Wildman–Crippen LogP) is 1.30. The van der Waals surface area contributed by atoms with E-state index in [2.05, 4.69) is 20.8 Å². The molecular weight excluding hydrogens is 240 g/mol. The fourth-order valence-corrected chi connectivity index (χ4v) is 3.49. The van der Waals surface area contributed by atoms with Gasteiger partial charge in [0.1, 0.15) is 5.69 Å². The number of hydrogen-bond donors (Lipinski definition) is 3. The molecule has 2 bridgehead atoms. The molecule has 102 valence electrons. The van der Waals surface area contributed by atoms with Crippen LogP contribution in [0.4, 0.5) is 0 Å². The van der Waals surface area contributed by atoms with Gasteiger partial charge in [-0.15, -0.1) is 0 Å². The van der Waals surface area contributed by atoms with Gasteiger partial charge in [0.05, 0.1) is 0 Å². The number of hydrogen-bond acceptors (Lipinski definition) is 3. The Kier molecular flexibility index (Phi) is 2.62. The molecule has 2 aliphatic heterocycles. The summed E-state index contributed by atoms with van der Waals surface area (Å²) in [5.41, 5.74) is 1.67. The molecule has 3 aliphatic rings. The number of H-pyrrole nitrogens is 1. The summed E-state index contributed by atoms with van der Waals surface area (Å²) in [5, 5.41) is 13.9. The Hall–Kier alpha value is -1.36. The Balaban J connectivity index is 1.40. The number of amides is 1. The molecule has 3 fully saturated rings. The van der Waals surface area contributed by atoms with E-state index in [9.17, 15) is 4.79 Å². The van der Waals surface area contributed by atoms with Crippen molar-refractivity contribution in [1.29, 1.82) is 0 Å². The van der Waals surface area contributed by atoms with Crippen LogP contribution in [0.1, 0.15) is 60.6 Å². The largest absolute Gasteiger partial charge is 0.348 e.